The van der Waals surface area contributed by atoms with Crippen molar-refractivity contribution in [2.24, 2.45) is 5.10 Å². The van der Waals surface area contributed by atoms with Crippen LogP contribution in [0, 0.1) is 13.8 Å². The molecule has 1 N–H and O–H groups in total. The molecule has 0 radical (unpaired) electrons. The van der Waals surface area contributed by atoms with Gasteiger partial charge in [-0.3, -0.25) is 0 Å². The number of hydrogen-bond acceptors (Lipinski definition) is 5. The van der Waals surface area contributed by atoms with Crippen LogP contribution in [0.3, 0.4) is 0 Å². The van der Waals surface area contributed by atoms with Crippen LogP contribution in [-0.2, 0) is 10.0 Å². The summed E-state index contributed by atoms with van der Waals surface area (Å²) >= 11 is 0. The summed E-state index contributed by atoms with van der Waals surface area (Å²) in [7, 11) is -2.16. The maximum absolute atomic E-state index is 12.3. The lowest BCUT2D eigenvalue weighted by Gasteiger charge is -2.10. The number of nitrogens with zero attached hydrogens (tertiary/aromatic N) is 1. The minimum Gasteiger partial charge on any atom is -0.493 e. The zero-order chi connectivity index (χ0) is 19.2. The number of nitrogens with one attached hydrogen (secondary N) is 1. The van der Waals surface area contributed by atoms with Crippen molar-refractivity contribution in [2.45, 2.75) is 32.1 Å². The molecule has 0 saturated carbocycles. The molecule has 0 aliphatic rings. The summed E-state index contributed by atoms with van der Waals surface area (Å²) < 4.78 is 35.5. The molecule has 0 heterocycles. The first kappa shape index (κ1) is 19.8. The van der Waals surface area contributed by atoms with Gasteiger partial charge in [0, 0.05) is 0 Å². The molecular weight excluding hydrogens is 352 g/mol. The van der Waals surface area contributed by atoms with E-state index in [-0.39, 0.29) is 4.90 Å². The van der Waals surface area contributed by atoms with E-state index in [4.69, 9.17) is 9.47 Å². The number of hydrogen-bond donors (Lipinski definition) is 1. The highest BCUT2D eigenvalue weighted by molar-refractivity contribution is 7.89. The summed E-state index contributed by atoms with van der Waals surface area (Å²) in [6, 6.07) is 10.2. The molecule has 0 bridgehead atoms. The van der Waals surface area contributed by atoms with Crippen molar-refractivity contribution in [1.82, 2.24) is 4.83 Å². The van der Waals surface area contributed by atoms with Crippen LogP contribution >= 0.6 is 0 Å². The van der Waals surface area contributed by atoms with E-state index >= 15 is 0 Å². The Bertz CT molecular complexity index is 892. The Kier molecular flexibility index (Phi) is 6.63. The molecular formula is C19H24N2O4S. The summed E-state index contributed by atoms with van der Waals surface area (Å²) in [6.07, 6.45) is 2.32. The van der Waals surface area contributed by atoms with Crippen molar-refractivity contribution >= 4 is 16.2 Å². The number of hydrazone groups is 1. The van der Waals surface area contributed by atoms with Gasteiger partial charge in [0.05, 0.1) is 24.8 Å². The molecule has 0 aliphatic heterocycles. The van der Waals surface area contributed by atoms with Crippen molar-refractivity contribution in [1.29, 1.82) is 0 Å². The molecule has 0 fully saturated rings. The topological polar surface area (TPSA) is 77.0 Å². The SMILES string of the molecule is CCCOc1ccc(/C=N/NS(=O)(=O)c2ccc(C)c(C)c2)cc1OC. The van der Waals surface area contributed by atoms with Crippen molar-refractivity contribution < 1.29 is 17.9 Å². The van der Waals surface area contributed by atoms with E-state index in [9.17, 15) is 8.42 Å². The van der Waals surface area contributed by atoms with Gasteiger partial charge in [0.2, 0.25) is 0 Å². The summed E-state index contributed by atoms with van der Waals surface area (Å²) in [6.45, 7) is 6.42. The first-order valence-electron chi connectivity index (χ1n) is 8.30. The Hall–Kier alpha value is -2.54. The fraction of sp³-hybridized carbons (Fsp3) is 0.316. The third-order valence-electron chi connectivity index (χ3n) is 3.82. The molecule has 0 aliphatic carbocycles. The van der Waals surface area contributed by atoms with Gasteiger partial charge in [-0.1, -0.05) is 13.0 Å². The third-order valence-corrected chi connectivity index (χ3v) is 5.04. The second kappa shape index (κ2) is 8.71. The lowest BCUT2D eigenvalue weighted by Crippen LogP contribution is -2.18. The number of methoxy groups -OCH3 is 1. The van der Waals surface area contributed by atoms with Gasteiger partial charge in [0.15, 0.2) is 11.5 Å². The van der Waals surface area contributed by atoms with Gasteiger partial charge in [-0.15, -0.1) is 0 Å². The number of aryl methyl sites for hydroxylation is 2. The average molecular weight is 376 g/mol. The van der Waals surface area contributed by atoms with Gasteiger partial charge in [-0.25, -0.2) is 4.83 Å². The summed E-state index contributed by atoms with van der Waals surface area (Å²) in [4.78, 5) is 2.41. The van der Waals surface area contributed by atoms with Crippen LogP contribution in [0.1, 0.15) is 30.0 Å². The molecule has 2 aromatic carbocycles. The van der Waals surface area contributed by atoms with Gasteiger partial charge < -0.3 is 9.47 Å². The highest BCUT2D eigenvalue weighted by atomic mass is 32.2. The predicted molar refractivity (Wildman–Crippen MR) is 103 cm³/mol. The largest absolute Gasteiger partial charge is 0.493 e. The lowest BCUT2D eigenvalue weighted by molar-refractivity contribution is 0.294. The third kappa shape index (κ3) is 4.98. The Balaban J connectivity index is 2.12. The lowest BCUT2D eigenvalue weighted by atomic mass is 10.1. The van der Waals surface area contributed by atoms with Crippen molar-refractivity contribution in [3.8, 4) is 11.5 Å². The van der Waals surface area contributed by atoms with Crippen LogP contribution in [-0.4, -0.2) is 28.3 Å². The van der Waals surface area contributed by atoms with Gasteiger partial charge >= 0.3 is 0 Å². The molecule has 140 valence electrons. The highest BCUT2D eigenvalue weighted by Crippen LogP contribution is 2.27. The van der Waals surface area contributed by atoms with Crippen LogP contribution in [0.2, 0.25) is 0 Å². The fourth-order valence-corrected chi connectivity index (χ4v) is 3.08. The zero-order valence-electron chi connectivity index (χ0n) is 15.4. The molecule has 0 unspecified atom stereocenters. The molecule has 0 aromatic heterocycles. The molecule has 2 aromatic rings. The Morgan fingerprint density at radius 3 is 2.50 bits per heavy atom. The van der Waals surface area contributed by atoms with E-state index < -0.39 is 10.0 Å². The summed E-state index contributed by atoms with van der Waals surface area (Å²) in [5, 5.41) is 3.85. The molecule has 2 rings (SSSR count). The van der Waals surface area contributed by atoms with E-state index in [1.807, 2.05) is 20.8 Å². The Labute approximate surface area is 154 Å². The van der Waals surface area contributed by atoms with Crippen LogP contribution in [0.4, 0.5) is 0 Å². The maximum atomic E-state index is 12.3. The van der Waals surface area contributed by atoms with Crippen molar-refractivity contribution in [3.63, 3.8) is 0 Å². The van der Waals surface area contributed by atoms with Crippen LogP contribution < -0.4 is 14.3 Å². The second-order valence-corrected chi connectivity index (χ2v) is 7.52. The monoisotopic (exact) mass is 376 g/mol. The standard InChI is InChI=1S/C19H24N2O4S/c1-5-10-25-18-9-7-16(12-19(18)24-4)13-20-21-26(22,23)17-8-6-14(2)15(3)11-17/h6-9,11-13,21H,5,10H2,1-4H3/b20-13+. The van der Waals surface area contributed by atoms with E-state index in [0.29, 0.717) is 23.7 Å². The normalized spacial score (nSPS) is 11.5. The first-order valence-corrected chi connectivity index (χ1v) is 9.78. The molecule has 6 nitrogen and oxygen atoms in total. The molecule has 0 amide bonds. The van der Waals surface area contributed by atoms with Crippen LogP contribution in [0.5, 0.6) is 11.5 Å². The first-order chi connectivity index (χ1) is 12.4. The quantitative estimate of drug-likeness (QED) is 0.566. The number of rotatable bonds is 8. The van der Waals surface area contributed by atoms with E-state index in [1.165, 1.54) is 6.21 Å². The van der Waals surface area contributed by atoms with Crippen LogP contribution in [0.15, 0.2) is 46.4 Å². The maximum Gasteiger partial charge on any atom is 0.276 e. The van der Waals surface area contributed by atoms with Crippen molar-refractivity contribution in [3.05, 3.63) is 53.1 Å². The van der Waals surface area contributed by atoms with E-state index in [1.54, 1.807) is 43.5 Å². The fourth-order valence-electron chi connectivity index (χ4n) is 2.20. The van der Waals surface area contributed by atoms with Gasteiger partial charge in [-0.2, -0.15) is 13.5 Å². The predicted octanol–water partition coefficient (Wildman–Crippen LogP) is 3.41. The number of benzene rings is 2. The van der Waals surface area contributed by atoms with Crippen LogP contribution in [0.25, 0.3) is 0 Å². The molecule has 7 heteroatoms. The highest BCUT2D eigenvalue weighted by Gasteiger charge is 2.13. The minimum absolute atomic E-state index is 0.179. The summed E-state index contributed by atoms with van der Waals surface area (Å²) in [5.74, 6) is 1.21. The molecule has 0 atom stereocenters. The summed E-state index contributed by atoms with van der Waals surface area (Å²) in [5.41, 5.74) is 2.63. The minimum atomic E-state index is -3.71. The molecule has 0 saturated heterocycles. The van der Waals surface area contributed by atoms with Gasteiger partial charge in [0.25, 0.3) is 10.0 Å². The average Bonchev–Trinajstić information content (AvgIpc) is 2.62. The number of ether oxygens (including phenoxy) is 2. The van der Waals surface area contributed by atoms with Gasteiger partial charge in [-0.05, 0) is 67.3 Å². The zero-order valence-corrected chi connectivity index (χ0v) is 16.3. The van der Waals surface area contributed by atoms with E-state index in [0.717, 1.165) is 17.5 Å². The smallest absolute Gasteiger partial charge is 0.276 e. The Morgan fingerprint density at radius 1 is 1.08 bits per heavy atom. The second-order valence-electron chi connectivity index (χ2n) is 5.86. The van der Waals surface area contributed by atoms with E-state index in [2.05, 4.69) is 9.93 Å². The Morgan fingerprint density at radius 2 is 1.85 bits per heavy atom. The van der Waals surface area contributed by atoms with Crippen molar-refractivity contribution in [2.75, 3.05) is 13.7 Å². The number of sulfonamides is 1. The molecule has 0 spiro atoms. The molecule has 26 heavy (non-hydrogen) atoms. The van der Waals surface area contributed by atoms with Gasteiger partial charge in [0.1, 0.15) is 0 Å².